The van der Waals surface area contributed by atoms with Crippen molar-refractivity contribution in [1.29, 1.82) is 5.26 Å². The predicted molar refractivity (Wildman–Crippen MR) is 46.6 cm³/mol. The van der Waals surface area contributed by atoms with Crippen molar-refractivity contribution >= 4 is 37.7 Å². The number of nitriles is 1. The minimum absolute atomic E-state index is 0.125. The van der Waals surface area contributed by atoms with Gasteiger partial charge in [0.05, 0.1) is 0 Å². The molecule has 0 radical (unpaired) electrons. The Hall–Kier alpha value is -0.670. The van der Waals surface area contributed by atoms with Crippen LogP contribution in [0.1, 0.15) is 5.69 Å². The molecule has 0 spiro atoms. The number of halogens is 2. The second kappa shape index (κ2) is 3.15. The van der Waals surface area contributed by atoms with Gasteiger partial charge in [0, 0.05) is 0 Å². The summed E-state index contributed by atoms with van der Waals surface area (Å²) < 4.78 is 0.970. The van der Waals surface area contributed by atoms with Crippen LogP contribution in [0.25, 0.3) is 0 Å². The van der Waals surface area contributed by atoms with Gasteiger partial charge in [-0.1, -0.05) is 0 Å². The van der Waals surface area contributed by atoms with E-state index in [0.717, 1.165) is 0 Å². The molecule has 1 rings (SSSR count). The molecule has 1 heterocycles. The second-order valence-electron chi connectivity index (χ2n) is 1.65. The molecule has 56 valence electrons. The average Bonchev–Trinajstić information content (AvgIpc) is 1.97. The molecule has 0 bridgehead atoms. The number of nitrogens with two attached hydrogens (primary N) is 1. The number of nitrogens with zero attached hydrogens (tertiary/aromatic N) is 3. The molecule has 2 N–H and O–H groups in total. The van der Waals surface area contributed by atoms with Gasteiger partial charge in [-0.2, -0.15) is 5.26 Å². The summed E-state index contributed by atoms with van der Waals surface area (Å²) in [5.74, 6) is 0.127. The first-order chi connectivity index (χ1) is 5.15. The Labute approximate surface area is 79.7 Å². The second-order valence-corrected chi connectivity index (χ2v) is 3.15. The molecule has 0 atom stereocenters. The number of aromatic nitrogens is 2. The van der Waals surface area contributed by atoms with E-state index in [1.807, 2.05) is 6.07 Å². The van der Waals surface area contributed by atoms with Crippen LogP contribution in [0.3, 0.4) is 0 Å². The summed E-state index contributed by atoms with van der Waals surface area (Å²) in [5, 5.41) is 8.47. The lowest BCUT2D eigenvalue weighted by Gasteiger charge is -1.97. The number of rotatable bonds is 0. The normalized spacial score (nSPS) is 9.18. The Morgan fingerprint density at radius 1 is 1.27 bits per heavy atom. The van der Waals surface area contributed by atoms with Gasteiger partial charge in [-0.25, -0.2) is 9.97 Å². The first-order valence-electron chi connectivity index (χ1n) is 2.53. The van der Waals surface area contributed by atoms with Gasteiger partial charge in [0.2, 0.25) is 0 Å². The third-order valence-corrected chi connectivity index (χ3v) is 2.59. The fourth-order valence-electron chi connectivity index (χ4n) is 0.489. The summed E-state index contributed by atoms with van der Waals surface area (Å²) in [6.07, 6.45) is 0. The Balaban J connectivity index is 3.35. The maximum atomic E-state index is 8.47. The highest BCUT2D eigenvalue weighted by Gasteiger charge is 2.05. The van der Waals surface area contributed by atoms with Crippen molar-refractivity contribution in [2.75, 3.05) is 5.73 Å². The van der Waals surface area contributed by atoms with E-state index in [1.165, 1.54) is 0 Å². The van der Waals surface area contributed by atoms with E-state index in [1.54, 1.807) is 0 Å². The lowest BCUT2D eigenvalue weighted by Crippen LogP contribution is -1.98. The molecule has 0 aliphatic heterocycles. The Morgan fingerprint density at radius 2 is 1.82 bits per heavy atom. The van der Waals surface area contributed by atoms with Crippen molar-refractivity contribution in [3.05, 3.63) is 14.9 Å². The fraction of sp³-hybridized carbons (Fsp3) is 0. The summed E-state index contributed by atoms with van der Waals surface area (Å²) in [6.45, 7) is 0. The number of hydrogen-bond donors (Lipinski definition) is 1. The van der Waals surface area contributed by atoms with Crippen LogP contribution in [0.4, 0.5) is 5.82 Å². The fourth-order valence-corrected chi connectivity index (χ4v) is 1.03. The van der Waals surface area contributed by atoms with Gasteiger partial charge in [0.15, 0.2) is 11.5 Å². The van der Waals surface area contributed by atoms with Crippen molar-refractivity contribution in [3.8, 4) is 6.07 Å². The highest BCUT2D eigenvalue weighted by molar-refractivity contribution is 9.13. The molecule has 1 aromatic heterocycles. The highest BCUT2D eigenvalue weighted by atomic mass is 79.9. The molecular formula is C5H2Br2N4. The van der Waals surface area contributed by atoms with E-state index < -0.39 is 0 Å². The largest absolute Gasteiger partial charge is 0.381 e. The van der Waals surface area contributed by atoms with Crippen molar-refractivity contribution in [2.24, 2.45) is 0 Å². The standard InChI is InChI=1S/C5H2Br2N4/c6-3-4(7)11-5(9)2(1-8)10-3/h(H2,9,11). The van der Waals surface area contributed by atoms with Gasteiger partial charge in [0.25, 0.3) is 0 Å². The van der Waals surface area contributed by atoms with Gasteiger partial charge >= 0.3 is 0 Å². The molecule has 4 nitrogen and oxygen atoms in total. The zero-order valence-corrected chi connectivity index (χ0v) is 8.35. The van der Waals surface area contributed by atoms with Crippen molar-refractivity contribution in [3.63, 3.8) is 0 Å². The van der Waals surface area contributed by atoms with Crippen LogP contribution in [-0.4, -0.2) is 9.97 Å². The van der Waals surface area contributed by atoms with Crippen LogP contribution in [-0.2, 0) is 0 Å². The highest BCUT2D eigenvalue weighted by Crippen LogP contribution is 2.20. The molecule has 0 fully saturated rings. The molecule has 0 aromatic carbocycles. The van der Waals surface area contributed by atoms with E-state index >= 15 is 0 Å². The summed E-state index contributed by atoms with van der Waals surface area (Å²) >= 11 is 6.19. The summed E-state index contributed by atoms with van der Waals surface area (Å²) in [6, 6.07) is 1.81. The van der Waals surface area contributed by atoms with Crippen LogP contribution in [0.2, 0.25) is 0 Å². The van der Waals surface area contributed by atoms with Crippen LogP contribution in [0, 0.1) is 11.3 Å². The molecule has 0 saturated carbocycles. The smallest absolute Gasteiger partial charge is 0.183 e. The van der Waals surface area contributed by atoms with Gasteiger partial charge in [-0.3, -0.25) is 0 Å². The summed E-state index contributed by atoms with van der Waals surface area (Å²) in [7, 11) is 0. The summed E-state index contributed by atoms with van der Waals surface area (Å²) in [4.78, 5) is 7.62. The SMILES string of the molecule is N#Cc1nc(Br)c(Br)nc1N. The van der Waals surface area contributed by atoms with Gasteiger partial charge < -0.3 is 5.73 Å². The molecule has 0 saturated heterocycles. The third-order valence-electron chi connectivity index (χ3n) is 0.947. The van der Waals surface area contributed by atoms with Crippen molar-refractivity contribution < 1.29 is 0 Å². The minimum atomic E-state index is 0.125. The zero-order chi connectivity index (χ0) is 8.43. The minimum Gasteiger partial charge on any atom is -0.381 e. The van der Waals surface area contributed by atoms with E-state index in [2.05, 4.69) is 41.8 Å². The first kappa shape index (κ1) is 8.43. The lowest BCUT2D eigenvalue weighted by atomic mass is 10.4. The topological polar surface area (TPSA) is 75.6 Å². The maximum Gasteiger partial charge on any atom is 0.183 e. The van der Waals surface area contributed by atoms with Crippen LogP contribution in [0.15, 0.2) is 9.21 Å². The van der Waals surface area contributed by atoms with E-state index in [-0.39, 0.29) is 11.5 Å². The Bertz CT molecular complexity index is 330. The van der Waals surface area contributed by atoms with Crippen LogP contribution < -0.4 is 5.73 Å². The number of nitrogen functional groups attached to an aromatic ring is 1. The predicted octanol–water partition coefficient (Wildman–Crippen LogP) is 1.46. The monoisotopic (exact) mass is 276 g/mol. The van der Waals surface area contributed by atoms with Gasteiger partial charge in [-0.05, 0) is 31.9 Å². The molecule has 0 amide bonds. The number of hydrogen-bond acceptors (Lipinski definition) is 4. The van der Waals surface area contributed by atoms with E-state index in [9.17, 15) is 0 Å². The molecule has 0 aliphatic carbocycles. The Morgan fingerprint density at radius 3 is 2.36 bits per heavy atom. The molecule has 0 unspecified atom stereocenters. The number of anilines is 1. The third kappa shape index (κ3) is 1.67. The lowest BCUT2D eigenvalue weighted by molar-refractivity contribution is 1.11. The quantitative estimate of drug-likeness (QED) is 0.779. The summed E-state index contributed by atoms with van der Waals surface area (Å²) in [5.41, 5.74) is 5.48. The molecular weight excluding hydrogens is 276 g/mol. The molecule has 1 aromatic rings. The van der Waals surface area contributed by atoms with E-state index in [0.29, 0.717) is 9.21 Å². The Kier molecular flexibility index (Phi) is 2.42. The van der Waals surface area contributed by atoms with Gasteiger partial charge in [0.1, 0.15) is 15.3 Å². The zero-order valence-electron chi connectivity index (χ0n) is 5.17. The first-order valence-corrected chi connectivity index (χ1v) is 4.12. The average molecular weight is 278 g/mol. The molecule has 0 aliphatic rings. The van der Waals surface area contributed by atoms with E-state index in [4.69, 9.17) is 11.0 Å². The molecule has 6 heteroatoms. The van der Waals surface area contributed by atoms with Gasteiger partial charge in [-0.15, -0.1) is 0 Å². The molecule has 11 heavy (non-hydrogen) atoms. The van der Waals surface area contributed by atoms with Crippen LogP contribution >= 0.6 is 31.9 Å². The van der Waals surface area contributed by atoms with Crippen LogP contribution in [0.5, 0.6) is 0 Å². The maximum absolute atomic E-state index is 8.47. The van der Waals surface area contributed by atoms with Crippen molar-refractivity contribution in [2.45, 2.75) is 0 Å². The van der Waals surface area contributed by atoms with Crippen molar-refractivity contribution in [1.82, 2.24) is 9.97 Å².